The smallest absolute Gasteiger partial charge is 0.240 e. The molecule has 2 heterocycles. The molecule has 2 aliphatic rings. The molecule has 29 heavy (non-hydrogen) atoms. The minimum atomic E-state index is -0.541. The molecule has 2 aromatic rings. The number of benzene rings is 2. The van der Waals surface area contributed by atoms with E-state index in [1.807, 2.05) is 53.4 Å². The summed E-state index contributed by atoms with van der Waals surface area (Å²) in [6.07, 6.45) is 2.34. The summed E-state index contributed by atoms with van der Waals surface area (Å²) in [6.45, 7) is 8.17. The lowest BCUT2D eigenvalue weighted by Crippen LogP contribution is -2.46. The van der Waals surface area contributed by atoms with Crippen molar-refractivity contribution in [3.05, 3.63) is 54.1 Å². The monoisotopic (exact) mass is 391 g/mol. The van der Waals surface area contributed by atoms with Crippen LogP contribution in [0.15, 0.2) is 53.5 Å². The van der Waals surface area contributed by atoms with Crippen molar-refractivity contribution in [3.8, 4) is 5.75 Å². The summed E-state index contributed by atoms with van der Waals surface area (Å²) in [5.41, 5.74) is 2.33. The van der Waals surface area contributed by atoms with E-state index in [1.54, 1.807) is 7.11 Å². The number of ether oxygens (including phenoxy) is 1. The van der Waals surface area contributed by atoms with Gasteiger partial charge in [-0.05, 0) is 83.1 Å². The second kappa shape index (κ2) is 7.64. The first-order valence-corrected chi connectivity index (χ1v) is 10.3. The molecule has 0 bridgehead atoms. The predicted molar refractivity (Wildman–Crippen MR) is 117 cm³/mol. The SMILES string of the molecule is COc1ccc(N=C2[C@H](N3CCCC3)C(C)(C)C(=O)N2c2ccc(C)cc2)cc1. The molecule has 0 unspecified atom stereocenters. The molecule has 0 N–H and O–H groups in total. The number of aryl methyl sites for hydroxylation is 1. The van der Waals surface area contributed by atoms with Gasteiger partial charge in [0.1, 0.15) is 11.6 Å². The van der Waals surface area contributed by atoms with Gasteiger partial charge in [0, 0.05) is 0 Å². The highest BCUT2D eigenvalue weighted by molar-refractivity contribution is 6.27. The third kappa shape index (κ3) is 3.55. The molecule has 5 heteroatoms. The molecule has 4 rings (SSSR count). The van der Waals surface area contributed by atoms with Crippen molar-refractivity contribution >= 4 is 23.1 Å². The highest BCUT2D eigenvalue weighted by Gasteiger charge is 2.55. The normalized spacial score (nSPS) is 23.2. The zero-order valence-corrected chi connectivity index (χ0v) is 17.7. The molecule has 0 spiro atoms. The molecule has 2 fully saturated rings. The highest BCUT2D eigenvalue weighted by atomic mass is 16.5. The first kappa shape index (κ1) is 19.6. The van der Waals surface area contributed by atoms with Gasteiger partial charge >= 0.3 is 0 Å². The van der Waals surface area contributed by atoms with Crippen molar-refractivity contribution in [1.29, 1.82) is 0 Å². The summed E-state index contributed by atoms with van der Waals surface area (Å²) >= 11 is 0. The Bertz CT molecular complexity index is 910. The van der Waals surface area contributed by atoms with Gasteiger partial charge in [0.15, 0.2) is 0 Å². The largest absolute Gasteiger partial charge is 0.497 e. The van der Waals surface area contributed by atoms with Crippen LogP contribution in [0.5, 0.6) is 5.75 Å². The molecule has 0 radical (unpaired) electrons. The van der Waals surface area contributed by atoms with Crippen LogP contribution in [0.25, 0.3) is 0 Å². The Kier molecular flexibility index (Phi) is 5.17. The second-order valence-electron chi connectivity index (χ2n) is 8.51. The van der Waals surface area contributed by atoms with Crippen LogP contribution in [0.4, 0.5) is 11.4 Å². The third-order valence-electron chi connectivity index (χ3n) is 6.03. The quantitative estimate of drug-likeness (QED) is 0.767. The lowest BCUT2D eigenvalue weighted by molar-refractivity contribution is -0.125. The number of methoxy groups -OCH3 is 1. The zero-order chi connectivity index (χ0) is 20.6. The van der Waals surface area contributed by atoms with Crippen molar-refractivity contribution in [2.24, 2.45) is 10.4 Å². The Morgan fingerprint density at radius 3 is 2.21 bits per heavy atom. The van der Waals surface area contributed by atoms with E-state index in [0.29, 0.717) is 0 Å². The lowest BCUT2D eigenvalue weighted by Gasteiger charge is -2.31. The Balaban J connectivity index is 1.83. The number of carbonyl (C=O) groups is 1. The molecule has 1 amide bonds. The number of hydrogen-bond donors (Lipinski definition) is 0. The topological polar surface area (TPSA) is 45.1 Å². The maximum absolute atomic E-state index is 13.6. The van der Waals surface area contributed by atoms with E-state index in [1.165, 1.54) is 18.4 Å². The van der Waals surface area contributed by atoms with Crippen molar-refractivity contribution in [1.82, 2.24) is 4.90 Å². The molecule has 1 atom stereocenters. The molecular weight excluding hydrogens is 362 g/mol. The number of nitrogens with zero attached hydrogens (tertiary/aromatic N) is 3. The van der Waals surface area contributed by atoms with Gasteiger partial charge in [-0.3, -0.25) is 14.6 Å². The van der Waals surface area contributed by atoms with Crippen LogP contribution >= 0.6 is 0 Å². The van der Waals surface area contributed by atoms with Gasteiger partial charge in [0.05, 0.1) is 29.9 Å². The number of anilines is 1. The minimum absolute atomic E-state index is 0.0408. The number of aliphatic imine (C=N–C) groups is 1. The molecule has 152 valence electrons. The molecule has 2 saturated heterocycles. The molecule has 0 saturated carbocycles. The fraction of sp³-hybridized carbons (Fsp3) is 0.417. The number of likely N-dealkylation sites (tertiary alicyclic amines) is 1. The van der Waals surface area contributed by atoms with E-state index < -0.39 is 5.41 Å². The summed E-state index contributed by atoms with van der Waals surface area (Å²) in [7, 11) is 1.65. The van der Waals surface area contributed by atoms with Crippen LogP contribution < -0.4 is 9.64 Å². The van der Waals surface area contributed by atoms with Crippen LogP contribution in [-0.2, 0) is 4.79 Å². The van der Waals surface area contributed by atoms with E-state index in [2.05, 4.69) is 25.7 Å². The molecule has 5 nitrogen and oxygen atoms in total. The van der Waals surface area contributed by atoms with E-state index in [4.69, 9.17) is 9.73 Å². The maximum Gasteiger partial charge on any atom is 0.240 e. The van der Waals surface area contributed by atoms with Crippen LogP contribution in [0.1, 0.15) is 32.3 Å². The Morgan fingerprint density at radius 1 is 1.00 bits per heavy atom. The maximum atomic E-state index is 13.6. The van der Waals surface area contributed by atoms with Gasteiger partial charge < -0.3 is 4.74 Å². The van der Waals surface area contributed by atoms with E-state index in [0.717, 1.165) is 36.0 Å². The van der Waals surface area contributed by atoms with Crippen molar-refractivity contribution in [3.63, 3.8) is 0 Å². The first-order valence-electron chi connectivity index (χ1n) is 10.3. The van der Waals surface area contributed by atoms with Gasteiger partial charge in [-0.25, -0.2) is 4.99 Å². The zero-order valence-electron chi connectivity index (χ0n) is 17.7. The fourth-order valence-electron chi connectivity index (χ4n) is 4.42. The predicted octanol–water partition coefficient (Wildman–Crippen LogP) is 4.57. The molecule has 0 aliphatic carbocycles. The summed E-state index contributed by atoms with van der Waals surface area (Å²) in [4.78, 5) is 22.8. The minimum Gasteiger partial charge on any atom is -0.497 e. The Hall–Kier alpha value is -2.66. The number of amides is 1. The van der Waals surface area contributed by atoms with Gasteiger partial charge in [0.25, 0.3) is 0 Å². The number of hydrogen-bond acceptors (Lipinski definition) is 4. The van der Waals surface area contributed by atoms with Crippen LogP contribution in [0.2, 0.25) is 0 Å². The van der Waals surface area contributed by atoms with Gasteiger partial charge in [0.2, 0.25) is 5.91 Å². The lowest BCUT2D eigenvalue weighted by atomic mass is 9.85. The molecule has 2 aromatic carbocycles. The molecule has 2 aliphatic heterocycles. The average Bonchev–Trinajstić information content (AvgIpc) is 3.29. The van der Waals surface area contributed by atoms with Crippen LogP contribution in [0.3, 0.4) is 0 Å². The van der Waals surface area contributed by atoms with Gasteiger partial charge in [-0.1, -0.05) is 17.7 Å². The summed E-state index contributed by atoms with van der Waals surface area (Å²) < 4.78 is 5.27. The van der Waals surface area contributed by atoms with E-state index in [-0.39, 0.29) is 11.9 Å². The fourth-order valence-corrected chi connectivity index (χ4v) is 4.42. The van der Waals surface area contributed by atoms with E-state index >= 15 is 0 Å². The first-order chi connectivity index (χ1) is 13.9. The second-order valence-corrected chi connectivity index (χ2v) is 8.51. The third-order valence-corrected chi connectivity index (χ3v) is 6.03. The van der Waals surface area contributed by atoms with Crippen molar-refractivity contribution in [2.45, 2.75) is 39.7 Å². The summed E-state index contributed by atoms with van der Waals surface area (Å²) in [5, 5.41) is 0. The van der Waals surface area contributed by atoms with Crippen LogP contribution in [0, 0.1) is 12.3 Å². The number of amidine groups is 1. The standard InChI is InChI=1S/C24H29N3O2/c1-17-7-11-19(12-8-17)27-22(25-18-9-13-20(29-4)14-10-18)21(24(2,3)23(27)28)26-15-5-6-16-26/h7-14,21H,5-6,15-16H2,1-4H3/t21-/m0/s1. The number of carbonyl (C=O) groups excluding carboxylic acids is 1. The van der Waals surface area contributed by atoms with Gasteiger partial charge in [-0.15, -0.1) is 0 Å². The average molecular weight is 392 g/mol. The van der Waals surface area contributed by atoms with Crippen molar-refractivity contribution < 1.29 is 9.53 Å². The Morgan fingerprint density at radius 2 is 1.62 bits per heavy atom. The van der Waals surface area contributed by atoms with Gasteiger partial charge in [-0.2, -0.15) is 0 Å². The summed E-state index contributed by atoms with van der Waals surface area (Å²) in [6, 6.07) is 15.8. The Labute approximate surface area is 173 Å². The van der Waals surface area contributed by atoms with Crippen LogP contribution in [-0.4, -0.2) is 42.9 Å². The molecule has 0 aromatic heterocycles. The highest BCUT2D eigenvalue weighted by Crippen LogP contribution is 2.41. The van der Waals surface area contributed by atoms with E-state index in [9.17, 15) is 4.79 Å². The van der Waals surface area contributed by atoms with Crippen molar-refractivity contribution in [2.75, 3.05) is 25.1 Å². The molecular formula is C24H29N3O2. The summed E-state index contributed by atoms with van der Waals surface area (Å²) in [5.74, 6) is 1.71. The number of rotatable bonds is 4.